The van der Waals surface area contributed by atoms with Crippen LogP contribution in [0.5, 0.6) is 0 Å². The Morgan fingerprint density at radius 3 is 2.58 bits per heavy atom. The fourth-order valence-corrected chi connectivity index (χ4v) is 2.10. The third-order valence-corrected chi connectivity index (χ3v) is 4.30. The monoisotopic (exact) mass is 270 g/mol. The first-order valence-electron chi connectivity index (χ1n) is 7.31. The molecule has 1 heterocycles. The number of hydrogen-bond acceptors (Lipinski definition) is 2. The molecular weight excluding hydrogens is 240 g/mol. The molecule has 19 heavy (non-hydrogen) atoms. The van der Waals surface area contributed by atoms with Gasteiger partial charge in [-0.2, -0.15) is 0 Å². The molecule has 0 aromatic heterocycles. The minimum absolute atomic E-state index is 0.0589. The summed E-state index contributed by atoms with van der Waals surface area (Å²) < 4.78 is 5.65. The molecule has 2 N–H and O–H groups in total. The normalized spacial score (nSPS) is 23.2. The van der Waals surface area contributed by atoms with Crippen LogP contribution in [0, 0.1) is 11.3 Å². The smallest absolute Gasteiger partial charge is 0.315 e. The van der Waals surface area contributed by atoms with E-state index in [-0.39, 0.29) is 23.1 Å². The van der Waals surface area contributed by atoms with E-state index < -0.39 is 0 Å². The average Bonchev–Trinajstić information content (AvgIpc) is 2.25. The van der Waals surface area contributed by atoms with Crippen LogP contribution in [0.1, 0.15) is 54.4 Å². The molecule has 1 saturated heterocycles. The fourth-order valence-electron chi connectivity index (χ4n) is 2.10. The van der Waals surface area contributed by atoms with E-state index in [1.165, 1.54) is 0 Å². The topological polar surface area (TPSA) is 50.4 Å². The van der Waals surface area contributed by atoms with Crippen molar-refractivity contribution in [3.63, 3.8) is 0 Å². The van der Waals surface area contributed by atoms with Crippen molar-refractivity contribution < 1.29 is 9.53 Å². The number of nitrogens with one attached hydrogen (secondary N) is 2. The summed E-state index contributed by atoms with van der Waals surface area (Å²) in [4.78, 5) is 11.9. The van der Waals surface area contributed by atoms with Crippen molar-refractivity contribution in [1.82, 2.24) is 10.6 Å². The van der Waals surface area contributed by atoms with Gasteiger partial charge in [0.05, 0.1) is 5.60 Å². The average molecular weight is 270 g/mol. The minimum atomic E-state index is -0.132. The summed E-state index contributed by atoms with van der Waals surface area (Å²) in [6.45, 7) is 14.3. The van der Waals surface area contributed by atoms with Gasteiger partial charge in [0.15, 0.2) is 0 Å². The molecule has 0 radical (unpaired) electrons. The highest BCUT2D eigenvalue weighted by Gasteiger charge is 2.30. The molecule has 0 aromatic rings. The first-order chi connectivity index (χ1) is 8.62. The van der Waals surface area contributed by atoms with Gasteiger partial charge in [0.1, 0.15) is 0 Å². The maximum Gasteiger partial charge on any atom is 0.315 e. The van der Waals surface area contributed by atoms with Gasteiger partial charge in [-0.05, 0) is 38.0 Å². The Kier molecular flexibility index (Phi) is 5.25. The van der Waals surface area contributed by atoms with E-state index in [1.54, 1.807) is 0 Å². The Hall–Kier alpha value is -0.770. The molecule has 0 aliphatic carbocycles. The predicted octanol–water partition coefficient (Wildman–Crippen LogP) is 2.93. The number of ether oxygens (including phenoxy) is 1. The van der Waals surface area contributed by atoms with Crippen LogP contribution >= 0.6 is 0 Å². The molecule has 0 spiro atoms. The molecular formula is C15H30N2O2. The van der Waals surface area contributed by atoms with Crippen LogP contribution in [0.3, 0.4) is 0 Å². The predicted molar refractivity (Wildman–Crippen MR) is 78.2 cm³/mol. The van der Waals surface area contributed by atoms with Crippen LogP contribution in [-0.2, 0) is 4.74 Å². The molecule has 1 fully saturated rings. The molecule has 4 heteroatoms. The fraction of sp³-hybridized carbons (Fsp3) is 0.933. The van der Waals surface area contributed by atoms with Gasteiger partial charge in [-0.25, -0.2) is 4.79 Å². The second kappa shape index (κ2) is 6.12. The van der Waals surface area contributed by atoms with Gasteiger partial charge in [0.25, 0.3) is 0 Å². The Morgan fingerprint density at radius 2 is 2.05 bits per heavy atom. The number of rotatable bonds is 4. The van der Waals surface area contributed by atoms with E-state index in [2.05, 4.69) is 52.2 Å². The third-order valence-electron chi connectivity index (χ3n) is 4.30. The van der Waals surface area contributed by atoms with E-state index in [0.29, 0.717) is 12.5 Å². The SMILES string of the molecule is CC(C)C(C)(C)CNC(=O)N[C@@H]1CCOC(C)(C)C1. The van der Waals surface area contributed by atoms with Crippen LogP contribution in [0.15, 0.2) is 0 Å². The zero-order valence-electron chi connectivity index (χ0n) is 13.3. The summed E-state index contributed by atoms with van der Waals surface area (Å²) in [5, 5.41) is 6.04. The highest BCUT2D eigenvalue weighted by Crippen LogP contribution is 2.25. The Morgan fingerprint density at radius 1 is 1.42 bits per heavy atom. The first-order valence-corrected chi connectivity index (χ1v) is 7.31. The van der Waals surface area contributed by atoms with Crippen molar-refractivity contribution in [1.29, 1.82) is 0 Å². The Balaban J connectivity index is 2.35. The zero-order chi connectivity index (χ0) is 14.7. The molecule has 2 amide bonds. The van der Waals surface area contributed by atoms with E-state index in [9.17, 15) is 4.79 Å². The summed E-state index contributed by atoms with van der Waals surface area (Å²) in [7, 11) is 0. The second-order valence-corrected chi connectivity index (χ2v) is 7.27. The molecule has 1 aliphatic heterocycles. The number of carbonyl (C=O) groups is 1. The molecule has 112 valence electrons. The van der Waals surface area contributed by atoms with Gasteiger partial charge in [0, 0.05) is 19.2 Å². The molecule has 1 rings (SSSR count). The molecule has 0 unspecified atom stereocenters. The summed E-state index contributed by atoms with van der Waals surface area (Å²) in [6, 6.07) is 0.155. The summed E-state index contributed by atoms with van der Waals surface area (Å²) >= 11 is 0. The van der Waals surface area contributed by atoms with Crippen molar-refractivity contribution in [2.45, 2.75) is 66.0 Å². The van der Waals surface area contributed by atoms with E-state index in [4.69, 9.17) is 4.74 Å². The van der Waals surface area contributed by atoms with Crippen LogP contribution in [0.2, 0.25) is 0 Å². The lowest BCUT2D eigenvalue weighted by Gasteiger charge is -2.36. The van der Waals surface area contributed by atoms with Crippen molar-refractivity contribution in [3.8, 4) is 0 Å². The van der Waals surface area contributed by atoms with Gasteiger partial charge in [-0.1, -0.05) is 27.7 Å². The third kappa shape index (κ3) is 5.39. The van der Waals surface area contributed by atoms with Gasteiger partial charge in [-0.3, -0.25) is 0 Å². The molecule has 4 nitrogen and oxygen atoms in total. The largest absolute Gasteiger partial charge is 0.375 e. The van der Waals surface area contributed by atoms with Crippen LogP contribution in [0.25, 0.3) is 0 Å². The maximum atomic E-state index is 11.9. The number of amides is 2. The maximum absolute atomic E-state index is 11.9. The number of urea groups is 1. The second-order valence-electron chi connectivity index (χ2n) is 7.27. The molecule has 1 aliphatic rings. The summed E-state index contributed by atoms with van der Waals surface area (Å²) in [5.41, 5.74) is -0.0142. The highest BCUT2D eigenvalue weighted by molar-refractivity contribution is 5.74. The molecule has 0 aromatic carbocycles. The van der Waals surface area contributed by atoms with Crippen LogP contribution in [-0.4, -0.2) is 30.8 Å². The highest BCUT2D eigenvalue weighted by atomic mass is 16.5. The first kappa shape index (κ1) is 16.3. The molecule has 0 saturated carbocycles. The van der Waals surface area contributed by atoms with Crippen LogP contribution in [0.4, 0.5) is 4.79 Å². The van der Waals surface area contributed by atoms with Gasteiger partial charge in [0.2, 0.25) is 0 Å². The van der Waals surface area contributed by atoms with Crippen molar-refractivity contribution >= 4 is 6.03 Å². The van der Waals surface area contributed by atoms with Gasteiger partial charge in [-0.15, -0.1) is 0 Å². The lowest BCUT2D eigenvalue weighted by Crippen LogP contribution is -2.50. The van der Waals surface area contributed by atoms with Gasteiger partial charge < -0.3 is 15.4 Å². The number of carbonyl (C=O) groups excluding carboxylic acids is 1. The van der Waals surface area contributed by atoms with Crippen LogP contribution < -0.4 is 10.6 Å². The van der Waals surface area contributed by atoms with E-state index in [1.807, 2.05) is 0 Å². The summed E-state index contributed by atoms with van der Waals surface area (Å²) in [5.74, 6) is 0.537. The molecule has 1 atom stereocenters. The standard InChI is InChI=1S/C15H30N2O2/c1-11(2)14(3,4)10-16-13(18)17-12-7-8-19-15(5,6)9-12/h11-12H,7-10H2,1-6H3,(H2,16,17,18)/t12-/m1/s1. The number of hydrogen-bond donors (Lipinski definition) is 2. The van der Waals surface area contributed by atoms with Crippen molar-refractivity contribution in [2.75, 3.05) is 13.2 Å². The minimum Gasteiger partial charge on any atom is -0.375 e. The lowest BCUT2D eigenvalue weighted by atomic mass is 9.81. The Bertz CT molecular complexity index is 311. The Labute approximate surface area is 117 Å². The molecule has 0 bridgehead atoms. The quantitative estimate of drug-likeness (QED) is 0.825. The van der Waals surface area contributed by atoms with E-state index >= 15 is 0 Å². The summed E-state index contributed by atoms with van der Waals surface area (Å²) in [6.07, 6.45) is 1.76. The van der Waals surface area contributed by atoms with E-state index in [0.717, 1.165) is 19.4 Å². The van der Waals surface area contributed by atoms with Gasteiger partial charge >= 0.3 is 6.03 Å². The van der Waals surface area contributed by atoms with Crippen molar-refractivity contribution in [2.24, 2.45) is 11.3 Å². The lowest BCUT2D eigenvalue weighted by molar-refractivity contribution is -0.0611. The zero-order valence-corrected chi connectivity index (χ0v) is 13.3. The van der Waals surface area contributed by atoms with Crippen molar-refractivity contribution in [3.05, 3.63) is 0 Å².